The Morgan fingerprint density at radius 1 is 1.36 bits per heavy atom. The molecule has 0 heterocycles. The number of carbonyl (C=O) groups is 1. The lowest BCUT2D eigenvalue weighted by Crippen LogP contribution is -2.17. The van der Waals surface area contributed by atoms with Gasteiger partial charge in [0.1, 0.15) is 0 Å². The minimum Gasteiger partial charge on any atom is -0.294 e. The Hall–Kier alpha value is 0.0200. The van der Waals surface area contributed by atoms with E-state index in [-0.39, 0.29) is 11.4 Å². The van der Waals surface area contributed by atoms with Crippen molar-refractivity contribution in [2.75, 3.05) is 0 Å². The van der Waals surface area contributed by atoms with Gasteiger partial charge in [-0.05, 0) is 0 Å². The molecule has 4 heteroatoms. The lowest BCUT2D eigenvalue weighted by molar-refractivity contribution is -0.114. The topological polar surface area (TPSA) is 17.1 Å². The van der Waals surface area contributed by atoms with E-state index in [1.54, 1.807) is 12.2 Å². The van der Waals surface area contributed by atoms with Crippen LogP contribution in [0.1, 0.15) is 6.42 Å². The number of allylic oxidation sites excluding steroid dienone is 4. The van der Waals surface area contributed by atoms with Crippen LogP contribution in [0.2, 0.25) is 0 Å². The van der Waals surface area contributed by atoms with Crippen molar-refractivity contribution in [3.63, 3.8) is 0 Å². The van der Waals surface area contributed by atoms with E-state index in [2.05, 4.69) is 0 Å². The third kappa shape index (κ3) is 2.22. The maximum atomic E-state index is 11.1. The van der Waals surface area contributed by atoms with Crippen molar-refractivity contribution < 1.29 is 4.79 Å². The zero-order valence-electron chi connectivity index (χ0n) is 5.48. The molecule has 0 aromatic carbocycles. The van der Waals surface area contributed by atoms with Crippen LogP contribution in [-0.2, 0) is 4.79 Å². The van der Waals surface area contributed by atoms with E-state index in [1.165, 1.54) is 6.08 Å². The second-order valence-electron chi connectivity index (χ2n) is 2.13. The molecule has 0 fully saturated rings. The summed E-state index contributed by atoms with van der Waals surface area (Å²) >= 11 is 16.5. The molecule has 0 amide bonds. The summed E-state index contributed by atoms with van der Waals surface area (Å²) in [6.07, 6.45) is 5.28. The summed E-state index contributed by atoms with van der Waals surface area (Å²) in [5.41, 5.74) is 0.241. The van der Waals surface area contributed by atoms with Crippen LogP contribution in [0.25, 0.3) is 0 Å². The molecule has 0 atom stereocenters. The van der Waals surface area contributed by atoms with Crippen LogP contribution in [0.5, 0.6) is 0 Å². The highest BCUT2D eigenvalue weighted by Gasteiger charge is 2.30. The molecule has 0 bridgehead atoms. The molecule has 0 unspecified atom stereocenters. The summed E-state index contributed by atoms with van der Waals surface area (Å²) in [6, 6.07) is 0. The first-order chi connectivity index (χ1) is 5.02. The third-order valence-corrected chi connectivity index (χ3v) is 1.92. The summed E-state index contributed by atoms with van der Waals surface area (Å²) in [5.74, 6) is -0.132. The zero-order chi connectivity index (χ0) is 8.48. The molecule has 1 rings (SSSR count). The highest BCUT2D eigenvalue weighted by molar-refractivity contribution is 6.71. The Bertz CT molecular complexity index is 235. The van der Waals surface area contributed by atoms with Crippen LogP contribution < -0.4 is 0 Å². The number of Topliss-reactive ketones (excluding diaryl/α,β-unsaturated/α-hetero) is 1. The predicted molar refractivity (Wildman–Crippen MR) is 47.1 cm³/mol. The number of ketones is 1. The van der Waals surface area contributed by atoms with Crippen molar-refractivity contribution >= 4 is 40.6 Å². The van der Waals surface area contributed by atoms with Crippen LogP contribution in [0.4, 0.5) is 0 Å². The van der Waals surface area contributed by atoms with Gasteiger partial charge in [0.2, 0.25) is 3.79 Å². The Kier molecular flexibility index (Phi) is 2.63. The Morgan fingerprint density at radius 2 is 2.00 bits per heavy atom. The smallest absolute Gasteiger partial charge is 0.219 e. The summed E-state index contributed by atoms with van der Waals surface area (Å²) in [7, 11) is 0. The van der Waals surface area contributed by atoms with Gasteiger partial charge in [0.25, 0.3) is 0 Å². The first-order valence-electron chi connectivity index (χ1n) is 2.99. The highest BCUT2D eigenvalue weighted by Crippen LogP contribution is 2.36. The van der Waals surface area contributed by atoms with Gasteiger partial charge in [-0.2, -0.15) is 0 Å². The zero-order valence-corrected chi connectivity index (χ0v) is 7.75. The van der Waals surface area contributed by atoms with Crippen LogP contribution in [-0.4, -0.2) is 9.58 Å². The highest BCUT2D eigenvalue weighted by atomic mass is 35.6. The van der Waals surface area contributed by atoms with Gasteiger partial charge in [0.15, 0.2) is 5.78 Å². The van der Waals surface area contributed by atoms with Crippen molar-refractivity contribution in [1.29, 1.82) is 0 Å². The van der Waals surface area contributed by atoms with Gasteiger partial charge in [-0.15, -0.1) is 0 Å². The van der Waals surface area contributed by atoms with Gasteiger partial charge in [-0.25, -0.2) is 0 Å². The molecular formula is C7H5Cl3O. The molecule has 11 heavy (non-hydrogen) atoms. The number of hydrogen-bond donors (Lipinski definition) is 0. The Morgan fingerprint density at radius 3 is 2.36 bits per heavy atom. The number of carbonyl (C=O) groups excluding carboxylic acids is 1. The van der Waals surface area contributed by atoms with Gasteiger partial charge < -0.3 is 0 Å². The molecule has 0 saturated carbocycles. The number of rotatable bonds is 0. The summed E-state index contributed by atoms with van der Waals surface area (Å²) in [5, 5.41) is 0. The van der Waals surface area contributed by atoms with Crippen molar-refractivity contribution in [2.45, 2.75) is 10.2 Å². The molecule has 1 aliphatic rings. The maximum Gasteiger partial charge on any atom is 0.219 e. The SMILES string of the molecule is O=C1CC=CC=C1C(Cl)(Cl)Cl. The van der Waals surface area contributed by atoms with Crippen molar-refractivity contribution in [3.8, 4) is 0 Å². The fourth-order valence-corrected chi connectivity index (χ4v) is 1.30. The minimum absolute atomic E-state index is 0.132. The van der Waals surface area contributed by atoms with Gasteiger partial charge >= 0.3 is 0 Å². The fraction of sp³-hybridized carbons (Fsp3) is 0.286. The van der Waals surface area contributed by atoms with Gasteiger partial charge in [-0.3, -0.25) is 4.79 Å². The quantitative estimate of drug-likeness (QED) is 0.563. The first-order valence-corrected chi connectivity index (χ1v) is 4.12. The molecule has 60 valence electrons. The summed E-state index contributed by atoms with van der Waals surface area (Å²) < 4.78 is -1.58. The van der Waals surface area contributed by atoms with Gasteiger partial charge in [-0.1, -0.05) is 53.0 Å². The minimum atomic E-state index is -1.58. The first kappa shape index (κ1) is 9.11. The average molecular weight is 211 g/mol. The molecule has 0 aromatic rings. The molecular weight excluding hydrogens is 206 g/mol. The number of hydrogen-bond acceptors (Lipinski definition) is 1. The molecule has 0 saturated heterocycles. The second kappa shape index (κ2) is 3.18. The van der Waals surface area contributed by atoms with Gasteiger partial charge in [0, 0.05) is 12.0 Å². The van der Waals surface area contributed by atoms with Crippen molar-refractivity contribution in [3.05, 3.63) is 23.8 Å². The molecule has 0 N–H and O–H groups in total. The standard InChI is InChI=1S/C7H5Cl3O/c8-7(9,10)5-3-1-2-4-6(5)11/h1-3H,4H2. The lowest BCUT2D eigenvalue weighted by atomic mass is 10.1. The second-order valence-corrected chi connectivity index (χ2v) is 4.41. The van der Waals surface area contributed by atoms with E-state index >= 15 is 0 Å². The van der Waals surface area contributed by atoms with Crippen molar-refractivity contribution in [2.24, 2.45) is 0 Å². The normalized spacial score (nSPS) is 18.5. The van der Waals surface area contributed by atoms with E-state index in [1.807, 2.05) is 0 Å². The lowest BCUT2D eigenvalue weighted by Gasteiger charge is -2.15. The number of alkyl halides is 3. The molecule has 1 nitrogen and oxygen atoms in total. The summed E-state index contributed by atoms with van der Waals surface area (Å²) in [4.78, 5) is 11.1. The fourth-order valence-electron chi connectivity index (χ4n) is 0.795. The van der Waals surface area contributed by atoms with E-state index in [0.717, 1.165) is 0 Å². The van der Waals surface area contributed by atoms with Crippen molar-refractivity contribution in [1.82, 2.24) is 0 Å². The van der Waals surface area contributed by atoms with E-state index in [4.69, 9.17) is 34.8 Å². The Balaban J connectivity index is 2.93. The monoisotopic (exact) mass is 210 g/mol. The van der Waals surface area contributed by atoms with E-state index < -0.39 is 3.79 Å². The predicted octanol–water partition coefficient (Wildman–Crippen LogP) is 2.81. The van der Waals surface area contributed by atoms with Crippen LogP contribution in [0, 0.1) is 0 Å². The molecule has 1 aliphatic carbocycles. The van der Waals surface area contributed by atoms with Crippen LogP contribution in [0.3, 0.4) is 0 Å². The largest absolute Gasteiger partial charge is 0.294 e. The Labute approximate surface area is 79.6 Å². The van der Waals surface area contributed by atoms with E-state index in [9.17, 15) is 4.79 Å². The molecule has 0 spiro atoms. The molecule has 0 radical (unpaired) electrons. The van der Waals surface area contributed by atoms with Gasteiger partial charge in [0.05, 0.1) is 0 Å². The third-order valence-electron chi connectivity index (χ3n) is 1.31. The van der Waals surface area contributed by atoms with Crippen LogP contribution >= 0.6 is 34.8 Å². The molecule has 0 aromatic heterocycles. The molecule has 0 aliphatic heterocycles. The maximum absolute atomic E-state index is 11.1. The van der Waals surface area contributed by atoms with E-state index in [0.29, 0.717) is 6.42 Å². The average Bonchev–Trinajstić information content (AvgIpc) is 1.86. The summed E-state index contributed by atoms with van der Waals surface area (Å²) in [6.45, 7) is 0. The van der Waals surface area contributed by atoms with Crippen LogP contribution in [0.15, 0.2) is 23.8 Å². The number of halogens is 3.